The van der Waals surface area contributed by atoms with Crippen LogP contribution < -0.4 is 5.32 Å². The molecule has 0 spiro atoms. The molecule has 0 saturated carbocycles. The minimum atomic E-state index is -0.670. The Labute approximate surface area is 513 Å². The molecule has 0 aromatic carbocycles. The van der Waals surface area contributed by atoms with Crippen molar-refractivity contribution in [3.05, 3.63) is 36.5 Å². The second-order valence-corrected chi connectivity index (χ2v) is 25.6. The van der Waals surface area contributed by atoms with E-state index in [1.54, 1.807) is 0 Å². The maximum Gasteiger partial charge on any atom is 0.305 e. The molecule has 2 atom stereocenters. The maximum atomic E-state index is 12.6. The molecule has 0 saturated heterocycles. The van der Waals surface area contributed by atoms with Gasteiger partial charge in [-0.2, -0.15) is 0 Å². The van der Waals surface area contributed by atoms with Crippen LogP contribution in [0.3, 0.4) is 0 Å². The van der Waals surface area contributed by atoms with Crippen molar-refractivity contribution in [2.24, 2.45) is 0 Å². The zero-order valence-corrected chi connectivity index (χ0v) is 55.5. The quantitative estimate of drug-likeness (QED) is 0.0320. The number of ether oxygens (including phenoxy) is 1. The molecule has 484 valence electrons. The van der Waals surface area contributed by atoms with Gasteiger partial charge < -0.3 is 20.3 Å². The maximum absolute atomic E-state index is 12.6. The van der Waals surface area contributed by atoms with Gasteiger partial charge in [0.25, 0.3) is 0 Å². The fourth-order valence-corrected chi connectivity index (χ4v) is 11.7. The molecule has 0 rings (SSSR count). The van der Waals surface area contributed by atoms with Crippen molar-refractivity contribution in [3.8, 4) is 0 Å². The van der Waals surface area contributed by atoms with E-state index in [9.17, 15) is 19.8 Å². The molecule has 0 aliphatic heterocycles. The molecule has 1 amide bonds. The number of hydrogen-bond donors (Lipinski definition) is 3. The van der Waals surface area contributed by atoms with Crippen molar-refractivity contribution in [2.75, 3.05) is 13.2 Å². The Balaban J connectivity index is 3.41. The van der Waals surface area contributed by atoms with E-state index < -0.39 is 12.1 Å². The molecule has 6 nitrogen and oxygen atoms in total. The van der Waals surface area contributed by atoms with Gasteiger partial charge in [-0.25, -0.2) is 0 Å². The lowest BCUT2D eigenvalue weighted by atomic mass is 10.0. The topological polar surface area (TPSA) is 95.9 Å². The van der Waals surface area contributed by atoms with E-state index in [0.717, 1.165) is 51.4 Å². The van der Waals surface area contributed by atoms with Crippen molar-refractivity contribution < 1.29 is 24.5 Å². The van der Waals surface area contributed by atoms with Gasteiger partial charge in [-0.1, -0.05) is 352 Å². The number of allylic oxidation sites excluding steroid dienone is 6. The summed E-state index contributed by atoms with van der Waals surface area (Å²) < 4.78 is 5.50. The molecule has 0 bridgehead atoms. The molecular formula is C76H145NO5. The number of rotatable bonds is 70. The Morgan fingerprint density at radius 1 is 0.341 bits per heavy atom. The largest absolute Gasteiger partial charge is 0.466 e. The van der Waals surface area contributed by atoms with Crippen LogP contribution in [0.25, 0.3) is 0 Å². The Morgan fingerprint density at radius 2 is 0.610 bits per heavy atom. The fraction of sp³-hybridized carbons (Fsp3) is 0.895. The van der Waals surface area contributed by atoms with Crippen LogP contribution >= 0.6 is 0 Å². The number of unbranched alkanes of at least 4 members (excludes halogenated alkanes) is 53. The highest BCUT2D eigenvalue weighted by molar-refractivity contribution is 5.76. The predicted molar refractivity (Wildman–Crippen MR) is 361 cm³/mol. The SMILES string of the molecule is CCCCCC/C=C\C/C=C\CCCCCCCCCC(=O)OCCCCCCCCCCCCCC/C=C\CCCCCCCCCC(=O)NC(CO)C(O)CCCCCCCCCCCCCCCCCCCCCCCCCC. The standard InChI is InChI=1S/C76H145NO5/c1-3-5-7-9-11-13-15-17-19-21-23-24-25-27-30-33-36-40-44-48-52-56-60-64-68-74(79)73(72-78)77-75(80)69-65-61-57-53-49-45-41-37-34-31-28-26-29-32-35-39-43-47-51-55-59-63-67-71-82-76(81)70-66-62-58-54-50-46-42-38-22-20-18-16-14-12-10-8-6-4-2/h14,16,20,22,31,34,73-74,78-79H,3-13,15,17-19,21,23-30,32-33,35-72H2,1-2H3,(H,77,80)/b16-14-,22-20-,34-31-. The first kappa shape index (κ1) is 80.1. The van der Waals surface area contributed by atoms with E-state index in [4.69, 9.17) is 4.74 Å². The van der Waals surface area contributed by atoms with Gasteiger partial charge in [-0.05, 0) is 83.5 Å². The molecule has 3 N–H and O–H groups in total. The second-order valence-electron chi connectivity index (χ2n) is 25.6. The van der Waals surface area contributed by atoms with Gasteiger partial charge in [-0.15, -0.1) is 0 Å². The first-order chi connectivity index (χ1) is 40.5. The minimum Gasteiger partial charge on any atom is -0.466 e. The van der Waals surface area contributed by atoms with Crippen molar-refractivity contribution in [1.82, 2.24) is 5.32 Å². The van der Waals surface area contributed by atoms with Crippen molar-refractivity contribution in [2.45, 2.75) is 424 Å². The third-order valence-electron chi connectivity index (χ3n) is 17.4. The average Bonchev–Trinajstić information content (AvgIpc) is 3.48. The second kappa shape index (κ2) is 71.6. The van der Waals surface area contributed by atoms with Crippen LogP contribution in [0.15, 0.2) is 36.5 Å². The average molecular weight is 1150 g/mol. The van der Waals surface area contributed by atoms with Crippen molar-refractivity contribution in [3.63, 3.8) is 0 Å². The number of hydrogen-bond acceptors (Lipinski definition) is 5. The summed E-state index contributed by atoms with van der Waals surface area (Å²) in [5, 5.41) is 23.5. The molecule has 0 aromatic rings. The van der Waals surface area contributed by atoms with Crippen LogP contribution in [0.1, 0.15) is 412 Å². The van der Waals surface area contributed by atoms with Gasteiger partial charge in [0, 0.05) is 12.8 Å². The van der Waals surface area contributed by atoms with E-state index in [1.807, 2.05) is 0 Å². The summed E-state index contributed by atoms with van der Waals surface area (Å²) in [6, 6.07) is -0.548. The highest BCUT2D eigenvalue weighted by Gasteiger charge is 2.20. The predicted octanol–water partition coefficient (Wildman–Crippen LogP) is 24.3. The number of aliphatic hydroxyl groups excluding tert-OH is 2. The van der Waals surface area contributed by atoms with Gasteiger partial charge in [0.2, 0.25) is 5.91 Å². The molecule has 0 aliphatic carbocycles. The molecular weight excluding hydrogens is 1010 g/mol. The minimum absolute atomic E-state index is 0.00505. The molecule has 82 heavy (non-hydrogen) atoms. The van der Waals surface area contributed by atoms with Crippen molar-refractivity contribution in [1.29, 1.82) is 0 Å². The number of aliphatic hydroxyl groups is 2. The van der Waals surface area contributed by atoms with Gasteiger partial charge in [0.1, 0.15) is 0 Å². The summed E-state index contributed by atoms with van der Waals surface area (Å²) in [7, 11) is 0. The lowest BCUT2D eigenvalue weighted by Crippen LogP contribution is -2.45. The van der Waals surface area contributed by atoms with E-state index in [0.29, 0.717) is 25.9 Å². The zero-order valence-electron chi connectivity index (χ0n) is 55.5. The zero-order chi connectivity index (χ0) is 59.2. The Bertz CT molecular complexity index is 1330. The van der Waals surface area contributed by atoms with Crippen LogP contribution in [0, 0.1) is 0 Å². The van der Waals surface area contributed by atoms with E-state index in [-0.39, 0.29) is 18.5 Å². The first-order valence-electron chi connectivity index (χ1n) is 37.2. The summed E-state index contributed by atoms with van der Waals surface area (Å²) in [6.45, 7) is 4.97. The number of esters is 1. The smallest absolute Gasteiger partial charge is 0.305 e. The van der Waals surface area contributed by atoms with Crippen LogP contribution in [0.2, 0.25) is 0 Å². The lowest BCUT2D eigenvalue weighted by molar-refractivity contribution is -0.143. The molecule has 0 fully saturated rings. The van der Waals surface area contributed by atoms with Crippen LogP contribution in [-0.4, -0.2) is 47.4 Å². The summed E-state index contributed by atoms with van der Waals surface area (Å²) in [5.41, 5.74) is 0. The molecule has 0 heterocycles. The monoisotopic (exact) mass is 1150 g/mol. The van der Waals surface area contributed by atoms with Gasteiger partial charge >= 0.3 is 5.97 Å². The number of amides is 1. The fourth-order valence-electron chi connectivity index (χ4n) is 11.7. The first-order valence-corrected chi connectivity index (χ1v) is 37.2. The molecule has 0 radical (unpaired) electrons. The summed E-state index contributed by atoms with van der Waals surface area (Å²) in [4.78, 5) is 24.7. The summed E-state index contributed by atoms with van der Waals surface area (Å²) in [6.07, 6.45) is 92.0. The Morgan fingerprint density at radius 3 is 0.951 bits per heavy atom. The van der Waals surface area contributed by atoms with Crippen LogP contribution in [-0.2, 0) is 14.3 Å². The van der Waals surface area contributed by atoms with E-state index in [1.165, 1.54) is 327 Å². The lowest BCUT2D eigenvalue weighted by Gasteiger charge is -2.22. The van der Waals surface area contributed by atoms with E-state index >= 15 is 0 Å². The number of carbonyl (C=O) groups excluding carboxylic acids is 2. The van der Waals surface area contributed by atoms with Gasteiger partial charge in [0.15, 0.2) is 0 Å². The Hall–Kier alpha value is -1.92. The highest BCUT2D eigenvalue weighted by atomic mass is 16.5. The van der Waals surface area contributed by atoms with E-state index in [2.05, 4.69) is 55.6 Å². The van der Waals surface area contributed by atoms with Crippen LogP contribution in [0.5, 0.6) is 0 Å². The third-order valence-corrected chi connectivity index (χ3v) is 17.4. The number of nitrogens with one attached hydrogen (secondary N) is 1. The summed E-state index contributed by atoms with van der Waals surface area (Å²) in [5.74, 6) is -0.0318. The Kier molecular flexibility index (Phi) is 69.9. The van der Waals surface area contributed by atoms with Gasteiger partial charge in [0.05, 0.1) is 25.4 Å². The van der Waals surface area contributed by atoms with Gasteiger partial charge in [-0.3, -0.25) is 9.59 Å². The van der Waals surface area contributed by atoms with Crippen LogP contribution in [0.4, 0.5) is 0 Å². The summed E-state index contributed by atoms with van der Waals surface area (Å²) >= 11 is 0. The molecule has 6 heteroatoms. The molecule has 0 aromatic heterocycles. The van der Waals surface area contributed by atoms with Crippen molar-refractivity contribution >= 4 is 11.9 Å². The molecule has 0 aliphatic rings. The number of carbonyl (C=O) groups is 2. The normalized spacial score (nSPS) is 12.7. The third kappa shape index (κ3) is 67.2. The molecule has 2 unspecified atom stereocenters. The highest BCUT2D eigenvalue weighted by Crippen LogP contribution is 2.19.